The fraction of sp³-hybridized carbons (Fsp3) is 0.667. The molecule has 0 aliphatic rings. The molecule has 1 heterocycles. The molecular formula is C12H22N4O. The van der Waals surface area contributed by atoms with Crippen LogP contribution in [0.25, 0.3) is 0 Å². The van der Waals surface area contributed by atoms with E-state index in [2.05, 4.69) is 29.2 Å². The summed E-state index contributed by atoms with van der Waals surface area (Å²) in [6, 6.07) is 0. The van der Waals surface area contributed by atoms with Gasteiger partial charge in [0.2, 0.25) is 0 Å². The Balaban J connectivity index is 2.42. The maximum atomic E-state index is 11.9. The molecule has 0 aliphatic heterocycles. The molecule has 1 aromatic heterocycles. The van der Waals surface area contributed by atoms with E-state index in [1.165, 1.54) is 0 Å². The predicted molar refractivity (Wildman–Crippen MR) is 68.1 cm³/mol. The second-order valence-corrected chi connectivity index (χ2v) is 4.08. The standard InChI is InChI=1S/C12H22N4O/c1-5-16(6-2)8-7-13-12(17)11-9-15(4)14-10(11)3/h9H,5-8H2,1-4H3,(H,13,17). The normalized spacial score (nSPS) is 10.9. The Kier molecular flexibility index (Phi) is 5.15. The monoisotopic (exact) mass is 238 g/mol. The molecule has 0 aliphatic carbocycles. The summed E-state index contributed by atoms with van der Waals surface area (Å²) in [7, 11) is 1.82. The molecule has 1 amide bonds. The van der Waals surface area contributed by atoms with Gasteiger partial charge in [-0.2, -0.15) is 5.10 Å². The number of aryl methyl sites for hydroxylation is 2. The van der Waals surface area contributed by atoms with Crippen LogP contribution < -0.4 is 5.32 Å². The number of aromatic nitrogens is 2. The third kappa shape index (κ3) is 3.85. The third-order valence-electron chi connectivity index (χ3n) is 2.87. The van der Waals surface area contributed by atoms with Gasteiger partial charge in [-0.15, -0.1) is 0 Å². The van der Waals surface area contributed by atoms with Gasteiger partial charge in [0.1, 0.15) is 0 Å². The number of hydrogen-bond acceptors (Lipinski definition) is 3. The first kappa shape index (κ1) is 13.7. The summed E-state index contributed by atoms with van der Waals surface area (Å²) in [6.45, 7) is 9.68. The van der Waals surface area contributed by atoms with Crippen LogP contribution in [-0.4, -0.2) is 46.8 Å². The van der Waals surface area contributed by atoms with Gasteiger partial charge < -0.3 is 10.2 Å². The zero-order chi connectivity index (χ0) is 12.8. The summed E-state index contributed by atoms with van der Waals surface area (Å²) >= 11 is 0. The third-order valence-corrected chi connectivity index (χ3v) is 2.87. The summed E-state index contributed by atoms with van der Waals surface area (Å²) in [5.74, 6) is -0.0391. The minimum absolute atomic E-state index is 0.0391. The molecule has 1 N–H and O–H groups in total. The van der Waals surface area contributed by atoms with E-state index in [9.17, 15) is 4.79 Å². The van der Waals surface area contributed by atoms with E-state index in [4.69, 9.17) is 0 Å². The smallest absolute Gasteiger partial charge is 0.254 e. The van der Waals surface area contributed by atoms with E-state index in [1.54, 1.807) is 10.9 Å². The highest BCUT2D eigenvalue weighted by Crippen LogP contribution is 2.03. The lowest BCUT2D eigenvalue weighted by molar-refractivity contribution is 0.0948. The molecule has 96 valence electrons. The molecule has 5 nitrogen and oxygen atoms in total. The van der Waals surface area contributed by atoms with E-state index in [0.29, 0.717) is 12.1 Å². The molecule has 0 radical (unpaired) electrons. The Morgan fingerprint density at radius 1 is 1.47 bits per heavy atom. The first-order chi connectivity index (χ1) is 8.08. The van der Waals surface area contributed by atoms with Crippen molar-refractivity contribution in [2.45, 2.75) is 20.8 Å². The molecule has 5 heteroatoms. The second kappa shape index (κ2) is 6.39. The quantitative estimate of drug-likeness (QED) is 0.797. The average molecular weight is 238 g/mol. The van der Waals surface area contributed by atoms with Gasteiger partial charge in [-0.25, -0.2) is 0 Å². The van der Waals surface area contributed by atoms with Gasteiger partial charge in [-0.1, -0.05) is 13.8 Å². The highest BCUT2D eigenvalue weighted by molar-refractivity contribution is 5.94. The molecule has 0 spiro atoms. The largest absolute Gasteiger partial charge is 0.351 e. The molecule has 0 atom stereocenters. The minimum atomic E-state index is -0.0391. The van der Waals surface area contributed by atoms with Crippen molar-refractivity contribution in [3.8, 4) is 0 Å². The number of hydrogen-bond donors (Lipinski definition) is 1. The van der Waals surface area contributed by atoms with Crippen molar-refractivity contribution in [3.63, 3.8) is 0 Å². The molecule has 0 saturated heterocycles. The maximum absolute atomic E-state index is 11.9. The summed E-state index contributed by atoms with van der Waals surface area (Å²) in [6.07, 6.45) is 1.75. The van der Waals surface area contributed by atoms with Crippen molar-refractivity contribution in [2.24, 2.45) is 7.05 Å². The van der Waals surface area contributed by atoms with Crippen LogP contribution in [0.15, 0.2) is 6.20 Å². The molecule has 0 saturated carbocycles. The van der Waals surface area contributed by atoms with Crippen LogP contribution >= 0.6 is 0 Å². The Hall–Kier alpha value is -1.36. The fourth-order valence-corrected chi connectivity index (χ4v) is 1.79. The predicted octanol–water partition coefficient (Wildman–Crippen LogP) is 0.800. The zero-order valence-electron chi connectivity index (χ0n) is 11.2. The van der Waals surface area contributed by atoms with Crippen molar-refractivity contribution in [1.82, 2.24) is 20.0 Å². The van der Waals surface area contributed by atoms with E-state index in [1.807, 2.05) is 14.0 Å². The zero-order valence-corrected chi connectivity index (χ0v) is 11.2. The molecule has 1 rings (SSSR count). The number of nitrogens with one attached hydrogen (secondary N) is 1. The van der Waals surface area contributed by atoms with Gasteiger partial charge in [-0.3, -0.25) is 9.48 Å². The van der Waals surface area contributed by atoms with Crippen LogP contribution in [-0.2, 0) is 7.05 Å². The van der Waals surface area contributed by atoms with Crippen LogP contribution in [0.4, 0.5) is 0 Å². The van der Waals surface area contributed by atoms with Crippen LogP contribution in [0.2, 0.25) is 0 Å². The van der Waals surface area contributed by atoms with Gasteiger partial charge in [-0.05, 0) is 20.0 Å². The van der Waals surface area contributed by atoms with Crippen molar-refractivity contribution in [3.05, 3.63) is 17.5 Å². The number of rotatable bonds is 6. The molecule has 0 unspecified atom stereocenters. The Bertz CT molecular complexity index is 369. The Morgan fingerprint density at radius 2 is 2.12 bits per heavy atom. The van der Waals surface area contributed by atoms with E-state index < -0.39 is 0 Å². The number of amides is 1. The van der Waals surface area contributed by atoms with Crippen molar-refractivity contribution in [1.29, 1.82) is 0 Å². The molecule has 17 heavy (non-hydrogen) atoms. The summed E-state index contributed by atoms with van der Waals surface area (Å²) in [5.41, 5.74) is 1.43. The van der Waals surface area contributed by atoms with Gasteiger partial charge in [0.15, 0.2) is 0 Å². The number of nitrogens with zero attached hydrogens (tertiary/aromatic N) is 3. The SMILES string of the molecule is CCN(CC)CCNC(=O)c1cn(C)nc1C. The lowest BCUT2D eigenvalue weighted by atomic mass is 10.2. The van der Waals surface area contributed by atoms with Crippen molar-refractivity contribution < 1.29 is 4.79 Å². The maximum Gasteiger partial charge on any atom is 0.254 e. The van der Waals surface area contributed by atoms with Crippen LogP contribution in [0.5, 0.6) is 0 Å². The first-order valence-electron chi connectivity index (χ1n) is 6.09. The highest BCUT2D eigenvalue weighted by atomic mass is 16.1. The van der Waals surface area contributed by atoms with Gasteiger partial charge in [0.05, 0.1) is 11.3 Å². The van der Waals surface area contributed by atoms with Crippen molar-refractivity contribution >= 4 is 5.91 Å². The topological polar surface area (TPSA) is 50.2 Å². The Labute approximate surface area is 103 Å². The summed E-state index contributed by atoms with van der Waals surface area (Å²) in [5, 5.41) is 7.07. The second-order valence-electron chi connectivity index (χ2n) is 4.08. The van der Waals surface area contributed by atoms with E-state index in [-0.39, 0.29) is 5.91 Å². The van der Waals surface area contributed by atoms with Gasteiger partial charge in [0, 0.05) is 26.3 Å². The van der Waals surface area contributed by atoms with Gasteiger partial charge >= 0.3 is 0 Å². The fourth-order valence-electron chi connectivity index (χ4n) is 1.79. The summed E-state index contributed by atoms with van der Waals surface area (Å²) in [4.78, 5) is 14.1. The molecule has 0 bridgehead atoms. The summed E-state index contributed by atoms with van der Waals surface area (Å²) < 4.78 is 1.66. The van der Waals surface area contributed by atoms with E-state index in [0.717, 1.165) is 25.3 Å². The lowest BCUT2D eigenvalue weighted by Crippen LogP contribution is -2.34. The average Bonchev–Trinajstić information content (AvgIpc) is 2.64. The molecule has 0 aromatic carbocycles. The first-order valence-corrected chi connectivity index (χ1v) is 6.09. The molecule has 1 aromatic rings. The van der Waals surface area contributed by atoms with Crippen LogP contribution in [0, 0.1) is 6.92 Å². The van der Waals surface area contributed by atoms with E-state index >= 15 is 0 Å². The van der Waals surface area contributed by atoms with Crippen molar-refractivity contribution in [2.75, 3.05) is 26.2 Å². The number of likely N-dealkylation sites (N-methyl/N-ethyl adjacent to an activating group) is 1. The molecule has 0 fully saturated rings. The number of carbonyl (C=O) groups excluding carboxylic acids is 1. The minimum Gasteiger partial charge on any atom is -0.351 e. The Morgan fingerprint density at radius 3 is 2.59 bits per heavy atom. The number of carbonyl (C=O) groups is 1. The lowest BCUT2D eigenvalue weighted by Gasteiger charge is -2.17. The highest BCUT2D eigenvalue weighted by Gasteiger charge is 2.11. The van der Waals surface area contributed by atoms with Gasteiger partial charge in [0.25, 0.3) is 5.91 Å². The van der Waals surface area contributed by atoms with Crippen LogP contribution in [0.3, 0.4) is 0 Å². The molecular weight excluding hydrogens is 216 g/mol. The van der Waals surface area contributed by atoms with Crippen LogP contribution in [0.1, 0.15) is 29.9 Å².